The largest absolute Gasteiger partial charge is 0.496 e. The Bertz CT molecular complexity index is 955. The Morgan fingerprint density at radius 1 is 1.23 bits per heavy atom. The minimum Gasteiger partial charge on any atom is -0.496 e. The number of benzene rings is 1. The van der Waals surface area contributed by atoms with Crippen LogP contribution >= 0.6 is 0 Å². The summed E-state index contributed by atoms with van der Waals surface area (Å²) in [5.41, 5.74) is 2.84. The van der Waals surface area contributed by atoms with Crippen LogP contribution in [-0.2, 0) is 11.2 Å². The fraction of sp³-hybridized carbons (Fsp3) is 0.350. The van der Waals surface area contributed by atoms with Crippen LogP contribution in [-0.4, -0.2) is 33.6 Å². The standard InChI is InChI=1S/C20H23N3O3/c1-6-16-14-11-13(15-12-21-10-9-18(15)25-5)7-8-17(14)23(22-16)19(24)26-20(2,3)4/h7-12H,6H2,1-5H3. The van der Waals surface area contributed by atoms with Gasteiger partial charge in [-0.1, -0.05) is 13.0 Å². The molecule has 0 aliphatic rings. The first-order chi connectivity index (χ1) is 12.3. The molecular formula is C20H23N3O3. The zero-order valence-corrected chi connectivity index (χ0v) is 15.7. The van der Waals surface area contributed by atoms with Crippen molar-refractivity contribution >= 4 is 17.0 Å². The predicted octanol–water partition coefficient (Wildman–Crippen LogP) is 4.45. The molecule has 0 unspecified atom stereocenters. The third-order valence-corrected chi connectivity index (χ3v) is 3.97. The average molecular weight is 353 g/mol. The molecule has 0 saturated carbocycles. The first-order valence-corrected chi connectivity index (χ1v) is 8.57. The average Bonchev–Trinajstić information content (AvgIpc) is 2.98. The number of methoxy groups -OCH3 is 1. The minimum absolute atomic E-state index is 0.478. The summed E-state index contributed by atoms with van der Waals surface area (Å²) >= 11 is 0. The van der Waals surface area contributed by atoms with E-state index in [1.807, 2.05) is 52.0 Å². The molecular weight excluding hydrogens is 330 g/mol. The van der Waals surface area contributed by atoms with E-state index < -0.39 is 11.7 Å². The summed E-state index contributed by atoms with van der Waals surface area (Å²) in [5.74, 6) is 0.747. The Morgan fingerprint density at radius 3 is 2.65 bits per heavy atom. The summed E-state index contributed by atoms with van der Waals surface area (Å²) in [4.78, 5) is 16.7. The second-order valence-corrected chi connectivity index (χ2v) is 7.00. The molecule has 0 atom stereocenters. The van der Waals surface area contributed by atoms with E-state index in [1.165, 1.54) is 4.68 Å². The van der Waals surface area contributed by atoms with Crippen molar-refractivity contribution in [1.29, 1.82) is 0 Å². The van der Waals surface area contributed by atoms with Gasteiger partial charge >= 0.3 is 6.09 Å². The fourth-order valence-electron chi connectivity index (χ4n) is 2.83. The third-order valence-electron chi connectivity index (χ3n) is 3.97. The molecule has 3 aromatic rings. The van der Waals surface area contributed by atoms with Gasteiger partial charge in [0.25, 0.3) is 0 Å². The number of carbonyl (C=O) groups excluding carboxylic acids is 1. The zero-order chi connectivity index (χ0) is 18.9. The maximum absolute atomic E-state index is 12.5. The molecule has 0 N–H and O–H groups in total. The number of carbonyl (C=O) groups is 1. The van der Waals surface area contributed by atoms with Gasteiger partial charge in [0.1, 0.15) is 11.4 Å². The van der Waals surface area contributed by atoms with E-state index in [-0.39, 0.29) is 0 Å². The normalized spacial score (nSPS) is 11.6. The van der Waals surface area contributed by atoms with Gasteiger partial charge in [-0.2, -0.15) is 9.78 Å². The lowest BCUT2D eigenvalue weighted by atomic mass is 10.0. The molecule has 6 nitrogen and oxygen atoms in total. The van der Waals surface area contributed by atoms with Gasteiger partial charge in [-0.25, -0.2) is 4.79 Å². The van der Waals surface area contributed by atoms with Crippen LogP contribution in [0.25, 0.3) is 22.0 Å². The Morgan fingerprint density at radius 2 is 2.00 bits per heavy atom. The Labute approximate surface area is 152 Å². The monoisotopic (exact) mass is 353 g/mol. The number of aryl methyl sites for hydroxylation is 1. The molecule has 0 aliphatic heterocycles. The topological polar surface area (TPSA) is 66.2 Å². The lowest BCUT2D eigenvalue weighted by molar-refractivity contribution is 0.0522. The molecule has 1 aromatic carbocycles. The van der Waals surface area contributed by atoms with Crippen LogP contribution in [0.2, 0.25) is 0 Å². The summed E-state index contributed by atoms with van der Waals surface area (Å²) in [5, 5.41) is 5.38. The number of nitrogens with zero attached hydrogens (tertiary/aromatic N) is 3. The molecule has 26 heavy (non-hydrogen) atoms. The Balaban J connectivity index is 2.12. The van der Waals surface area contributed by atoms with Crippen molar-refractivity contribution in [3.8, 4) is 16.9 Å². The van der Waals surface area contributed by atoms with Gasteiger partial charge in [0.15, 0.2) is 0 Å². The van der Waals surface area contributed by atoms with E-state index >= 15 is 0 Å². The number of fused-ring (bicyclic) bond motifs is 1. The second-order valence-electron chi connectivity index (χ2n) is 7.00. The molecule has 2 heterocycles. The van der Waals surface area contributed by atoms with E-state index in [2.05, 4.69) is 10.1 Å². The molecule has 6 heteroatoms. The summed E-state index contributed by atoms with van der Waals surface area (Å²) in [6.07, 6.45) is 3.69. The quantitative estimate of drug-likeness (QED) is 0.696. The van der Waals surface area contributed by atoms with Crippen LogP contribution in [0.4, 0.5) is 4.79 Å². The molecule has 136 valence electrons. The van der Waals surface area contributed by atoms with Gasteiger partial charge in [-0.15, -0.1) is 0 Å². The Kier molecular flexibility index (Phi) is 4.68. The Hall–Kier alpha value is -2.89. The van der Waals surface area contributed by atoms with Gasteiger partial charge in [-0.05, 0) is 51.0 Å². The number of aromatic nitrogens is 3. The van der Waals surface area contributed by atoms with Crippen LogP contribution in [0.15, 0.2) is 36.7 Å². The summed E-state index contributed by atoms with van der Waals surface area (Å²) < 4.78 is 12.2. The van der Waals surface area contributed by atoms with Crippen molar-refractivity contribution in [2.75, 3.05) is 7.11 Å². The highest BCUT2D eigenvalue weighted by Crippen LogP contribution is 2.32. The SMILES string of the molecule is CCc1nn(C(=O)OC(C)(C)C)c2ccc(-c3cnccc3OC)cc12. The van der Waals surface area contributed by atoms with Crippen LogP contribution < -0.4 is 4.74 Å². The van der Waals surface area contributed by atoms with Gasteiger partial charge in [0.2, 0.25) is 0 Å². The molecule has 3 rings (SSSR count). The smallest absolute Gasteiger partial charge is 0.435 e. The first kappa shape index (κ1) is 17.9. The fourth-order valence-corrected chi connectivity index (χ4v) is 2.83. The van der Waals surface area contributed by atoms with Crippen molar-refractivity contribution in [2.24, 2.45) is 0 Å². The summed E-state index contributed by atoms with van der Waals surface area (Å²) in [6, 6.07) is 7.66. The van der Waals surface area contributed by atoms with Crippen molar-refractivity contribution in [2.45, 2.75) is 39.7 Å². The molecule has 0 fully saturated rings. The van der Waals surface area contributed by atoms with Crippen molar-refractivity contribution in [1.82, 2.24) is 14.8 Å². The molecule has 0 radical (unpaired) electrons. The highest BCUT2D eigenvalue weighted by molar-refractivity contribution is 5.93. The summed E-state index contributed by atoms with van der Waals surface area (Å²) in [6.45, 7) is 7.52. The number of ether oxygens (including phenoxy) is 2. The molecule has 0 bridgehead atoms. The number of hydrogen-bond acceptors (Lipinski definition) is 5. The van der Waals surface area contributed by atoms with Gasteiger partial charge in [0, 0.05) is 23.3 Å². The molecule has 0 aliphatic carbocycles. The van der Waals surface area contributed by atoms with Crippen LogP contribution in [0.1, 0.15) is 33.4 Å². The second kappa shape index (κ2) is 6.78. The molecule has 2 aromatic heterocycles. The van der Waals surface area contributed by atoms with Crippen LogP contribution in [0.5, 0.6) is 5.75 Å². The molecule has 0 spiro atoms. The van der Waals surface area contributed by atoms with E-state index in [0.29, 0.717) is 6.42 Å². The maximum atomic E-state index is 12.5. The molecule has 0 amide bonds. The van der Waals surface area contributed by atoms with Crippen LogP contribution in [0.3, 0.4) is 0 Å². The van der Waals surface area contributed by atoms with E-state index in [1.54, 1.807) is 19.5 Å². The van der Waals surface area contributed by atoms with Crippen molar-refractivity contribution < 1.29 is 14.3 Å². The van der Waals surface area contributed by atoms with Crippen molar-refractivity contribution in [3.05, 3.63) is 42.4 Å². The lowest BCUT2D eigenvalue weighted by Gasteiger charge is -2.19. The minimum atomic E-state index is -0.579. The van der Waals surface area contributed by atoms with Gasteiger partial charge < -0.3 is 9.47 Å². The first-order valence-electron chi connectivity index (χ1n) is 8.57. The van der Waals surface area contributed by atoms with Crippen LogP contribution in [0, 0.1) is 0 Å². The highest BCUT2D eigenvalue weighted by Gasteiger charge is 2.22. The predicted molar refractivity (Wildman–Crippen MR) is 101 cm³/mol. The third kappa shape index (κ3) is 3.40. The number of pyridine rings is 1. The highest BCUT2D eigenvalue weighted by atomic mass is 16.6. The van der Waals surface area contributed by atoms with Crippen molar-refractivity contribution in [3.63, 3.8) is 0 Å². The molecule has 0 saturated heterocycles. The zero-order valence-electron chi connectivity index (χ0n) is 15.7. The summed E-state index contributed by atoms with van der Waals surface area (Å²) in [7, 11) is 1.63. The van der Waals surface area contributed by atoms with E-state index in [0.717, 1.165) is 33.5 Å². The van der Waals surface area contributed by atoms with Gasteiger partial charge in [-0.3, -0.25) is 4.98 Å². The number of hydrogen-bond donors (Lipinski definition) is 0. The van der Waals surface area contributed by atoms with E-state index in [4.69, 9.17) is 9.47 Å². The maximum Gasteiger partial charge on any atom is 0.435 e. The lowest BCUT2D eigenvalue weighted by Crippen LogP contribution is -2.27. The van der Waals surface area contributed by atoms with Gasteiger partial charge in [0.05, 0.1) is 18.3 Å². The number of rotatable bonds is 3. The van der Waals surface area contributed by atoms with E-state index in [9.17, 15) is 4.79 Å².